The second kappa shape index (κ2) is 15.4. The van der Waals surface area contributed by atoms with Gasteiger partial charge < -0.3 is 9.32 Å². The first-order chi connectivity index (χ1) is 31.2. The van der Waals surface area contributed by atoms with Crippen molar-refractivity contribution >= 4 is 71.3 Å². The van der Waals surface area contributed by atoms with Crippen LogP contribution in [-0.4, -0.2) is 4.98 Å². The smallest absolute Gasteiger partial charge is 0.137 e. The second-order valence-electron chi connectivity index (χ2n) is 15.9. The number of hydrogen-bond donors (Lipinski definition) is 0. The zero-order chi connectivity index (χ0) is 41.7. The van der Waals surface area contributed by atoms with E-state index in [-0.39, 0.29) is 0 Å². The Balaban J connectivity index is 0.976. The van der Waals surface area contributed by atoms with Crippen molar-refractivity contribution < 1.29 is 4.42 Å². The highest BCUT2D eigenvalue weighted by Crippen LogP contribution is 2.44. The van der Waals surface area contributed by atoms with Crippen molar-refractivity contribution in [1.29, 1.82) is 0 Å². The van der Waals surface area contributed by atoms with Gasteiger partial charge in [0.1, 0.15) is 16.2 Å². The maximum absolute atomic E-state index is 6.42. The van der Waals surface area contributed by atoms with E-state index in [4.69, 9.17) is 9.40 Å². The van der Waals surface area contributed by atoms with Crippen molar-refractivity contribution in [3.05, 3.63) is 231 Å². The van der Waals surface area contributed by atoms with Gasteiger partial charge in [-0.2, -0.15) is 0 Å². The molecule has 2 heterocycles. The fourth-order valence-electron chi connectivity index (χ4n) is 9.04. The summed E-state index contributed by atoms with van der Waals surface area (Å²) in [6.45, 7) is 0. The first-order valence-corrected chi connectivity index (χ1v) is 22.1. The van der Waals surface area contributed by atoms with E-state index >= 15 is 0 Å². The van der Waals surface area contributed by atoms with E-state index in [0.717, 1.165) is 70.9 Å². The van der Waals surface area contributed by atoms with Gasteiger partial charge in [0.2, 0.25) is 0 Å². The maximum atomic E-state index is 6.42. The third-order valence-corrected chi connectivity index (χ3v) is 13.3. The Hall–Kier alpha value is -8.05. The van der Waals surface area contributed by atoms with E-state index in [1.54, 1.807) is 11.3 Å². The molecule has 0 atom stereocenters. The van der Waals surface area contributed by atoms with Crippen LogP contribution in [0.25, 0.3) is 98.0 Å². The molecular formula is C59H38N2OS. The molecule has 3 nitrogen and oxygen atoms in total. The molecule has 0 aliphatic rings. The number of thiazole rings is 1. The van der Waals surface area contributed by atoms with E-state index in [9.17, 15) is 0 Å². The van der Waals surface area contributed by atoms with Crippen LogP contribution in [-0.2, 0) is 0 Å². The normalized spacial score (nSPS) is 11.5. The quantitative estimate of drug-likeness (QED) is 0.153. The van der Waals surface area contributed by atoms with Gasteiger partial charge >= 0.3 is 0 Å². The minimum absolute atomic E-state index is 0.874. The number of furan rings is 1. The van der Waals surface area contributed by atoms with Gasteiger partial charge in [-0.15, -0.1) is 11.3 Å². The molecule has 2 aromatic heterocycles. The lowest BCUT2D eigenvalue weighted by atomic mass is 9.90. The summed E-state index contributed by atoms with van der Waals surface area (Å²) in [4.78, 5) is 7.39. The van der Waals surface area contributed by atoms with Crippen molar-refractivity contribution in [3.63, 3.8) is 0 Å². The summed E-state index contributed by atoms with van der Waals surface area (Å²) in [7, 11) is 0. The van der Waals surface area contributed by atoms with Crippen LogP contribution in [0.15, 0.2) is 235 Å². The van der Waals surface area contributed by atoms with Gasteiger partial charge in [-0.3, -0.25) is 0 Å². The van der Waals surface area contributed by atoms with Gasteiger partial charge in [0.25, 0.3) is 0 Å². The number of benzene rings is 10. The summed E-state index contributed by atoms with van der Waals surface area (Å²) in [5, 5.41) is 5.70. The third-order valence-electron chi connectivity index (χ3n) is 12.1. The molecular weight excluding hydrogens is 785 g/mol. The SMILES string of the molecule is c1ccc(-c2ccc(N(c3ccc(-c4ccc5oc6ccc7nc(-c8ccccc8)sc7c6c5c4)cc3)c3ccc(-c4cccc5ccccc45)c(-c4ccccc4)c3)cc2)cc1. The van der Waals surface area contributed by atoms with Crippen LogP contribution in [0.1, 0.15) is 0 Å². The van der Waals surface area contributed by atoms with Crippen LogP contribution in [0.5, 0.6) is 0 Å². The van der Waals surface area contributed by atoms with Gasteiger partial charge in [-0.25, -0.2) is 4.98 Å². The molecule has 4 heteroatoms. The molecule has 0 N–H and O–H groups in total. The Morgan fingerprint density at radius 1 is 0.365 bits per heavy atom. The van der Waals surface area contributed by atoms with Crippen LogP contribution in [0, 0.1) is 0 Å². The summed E-state index contributed by atoms with van der Waals surface area (Å²) >= 11 is 1.72. The average Bonchev–Trinajstić information content (AvgIpc) is 3.97. The summed E-state index contributed by atoms with van der Waals surface area (Å²) in [6.07, 6.45) is 0. The van der Waals surface area contributed by atoms with Crippen LogP contribution in [0.2, 0.25) is 0 Å². The fourth-order valence-corrected chi connectivity index (χ4v) is 10.2. The monoisotopic (exact) mass is 822 g/mol. The summed E-state index contributed by atoms with van der Waals surface area (Å²) in [5.74, 6) is 0. The molecule has 0 aliphatic heterocycles. The minimum atomic E-state index is 0.874. The molecule has 0 spiro atoms. The molecule has 0 saturated heterocycles. The Kier molecular flexibility index (Phi) is 9.02. The van der Waals surface area contributed by atoms with Gasteiger partial charge in [0, 0.05) is 33.4 Å². The first-order valence-electron chi connectivity index (χ1n) is 21.3. The lowest BCUT2D eigenvalue weighted by Crippen LogP contribution is -2.10. The summed E-state index contributed by atoms with van der Waals surface area (Å²) in [6, 6.07) is 82.5. The van der Waals surface area contributed by atoms with E-state index in [1.165, 1.54) is 44.2 Å². The number of rotatable bonds is 8. The summed E-state index contributed by atoms with van der Waals surface area (Å²) in [5.41, 5.74) is 16.5. The molecule has 296 valence electrons. The summed E-state index contributed by atoms with van der Waals surface area (Å²) < 4.78 is 7.57. The number of hydrogen-bond acceptors (Lipinski definition) is 4. The Morgan fingerprint density at radius 2 is 0.937 bits per heavy atom. The Labute approximate surface area is 369 Å². The van der Waals surface area contributed by atoms with Crippen LogP contribution < -0.4 is 4.90 Å². The van der Waals surface area contributed by atoms with E-state index in [0.29, 0.717) is 0 Å². The highest BCUT2D eigenvalue weighted by molar-refractivity contribution is 7.22. The molecule has 0 bridgehead atoms. The zero-order valence-corrected chi connectivity index (χ0v) is 35.0. The van der Waals surface area contributed by atoms with Gasteiger partial charge in [0.15, 0.2) is 0 Å². The lowest BCUT2D eigenvalue weighted by molar-refractivity contribution is 0.669. The van der Waals surface area contributed by atoms with Gasteiger partial charge in [-0.1, -0.05) is 170 Å². The van der Waals surface area contributed by atoms with Crippen molar-refractivity contribution in [3.8, 4) is 55.1 Å². The predicted octanol–water partition coefficient (Wildman–Crippen LogP) is 17.2. The molecule has 12 aromatic rings. The minimum Gasteiger partial charge on any atom is -0.456 e. The van der Waals surface area contributed by atoms with Gasteiger partial charge in [0.05, 0.1) is 10.2 Å². The topological polar surface area (TPSA) is 29.3 Å². The van der Waals surface area contributed by atoms with Gasteiger partial charge in [-0.05, 0) is 116 Å². The maximum Gasteiger partial charge on any atom is 0.137 e. The van der Waals surface area contributed by atoms with Crippen LogP contribution >= 0.6 is 11.3 Å². The zero-order valence-electron chi connectivity index (χ0n) is 34.2. The van der Waals surface area contributed by atoms with E-state index in [1.807, 2.05) is 6.07 Å². The van der Waals surface area contributed by atoms with Crippen LogP contribution in [0.3, 0.4) is 0 Å². The van der Waals surface area contributed by atoms with Crippen molar-refractivity contribution in [2.24, 2.45) is 0 Å². The van der Waals surface area contributed by atoms with Crippen molar-refractivity contribution in [2.75, 3.05) is 4.90 Å². The highest BCUT2D eigenvalue weighted by atomic mass is 32.1. The number of anilines is 3. The van der Waals surface area contributed by atoms with Crippen molar-refractivity contribution in [1.82, 2.24) is 4.98 Å². The fraction of sp³-hybridized carbons (Fsp3) is 0. The number of aromatic nitrogens is 1. The third kappa shape index (κ3) is 6.65. The number of fused-ring (bicyclic) bond motifs is 6. The molecule has 0 unspecified atom stereocenters. The molecule has 0 saturated carbocycles. The Bertz CT molecular complexity index is 3590. The molecule has 0 aliphatic carbocycles. The molecule has 0 amide bonds. The van der Waals surface area contributed by atoms with E-state index < -0.39 is 0 Å². The standard InChI is InChI=1S/C59H38N2OS/c1-4-13-39(14-5-1)40-23-28-46(29-24-40)61(48-32-33-51(52(38-48)43-15-6-2-7-16-43)50-22-12-20-42-17-10-11-21-49(42)50)47-30-25-41(26-31-47)45-27-35-55-53(37-45)57-56(62-55)36-34-54-58(57)63-59(60-54)44-18-8-3-9-19-44/h1-38H. The molecule has 63 heavy (non-hydrogen) atoms. The first kappa shape index (κ1) is 36.8. The molecule has 12 rings (SSSR count). The average molecular weight is 823 g/mol. The Morgan fingerprint density at radius 3 is 1.67 bits per heavy atom. The molecule has 10 aromatic carbocycles. The molecule has 0 radical (unpaired) electrons. The second-order valence-corrected chi connectivity index (χ2v) is 16.9. The van der Waals surface area contributed by atoms with E-state index in [2.05, 4.69) is 229 Å². The highest BCUT2D eigenvalue weighted by Gasteiger charge is 2.19. The predicted molar refractivity (Wildman–Crippen MR) is 266 cm³/mol. The van der Waals surface area contributed by atoms with Crippen LogP contribution in [0.4, 0.5) is 17.1 Å². The largest absolute Gasteiger partial charge is 0.456 e. The number of nitrogens with zero attached hydrogens (tertiary/aromatic N) is 2. The van der Waals surface area contributed by atoms with Crippen molar-refractivity contribution in [2.45, 2.75) is 0 Å². The molecule has 0 fully saturated rings. The lowest BCUT2D eigenvalue weighted by Gasteiger charge is -2.27.